The van der Waals surface area contributed by atoms with Gasteiger partial charge in [0, 0.05) is 39.1 Å². The Morgan fingerprint density at radius 3 is 2.47 bits per heavy atom. The number of hydrogen-bond donors (Lipinski definition) is 2. The van der Waals surface area contributed by atoms with Crippen LogP contribution in [0.25, 0.3) is 0 Å². The van der Waals surface area contributed by atoms with Gasteiger partial charge >= 0.3 is 0 Å². The monoisotopic (exact) mass is 490 g/mol. The maximum absolute atomic E-state index is 13.2. The second-order valence-electron chi connectivity index (χ2n) is 8.27. The zero-order valence-electron chi connectivity index (χ0n) is 19.0. The van der Waals surface area contributed by atoms with Crippen LogP contribution in [-0.4, -0.2) is 70.5 Å². The molecule has 0 bridgehead atoms. The van der Waals surface area contributed by atoms with Crippen molar-refractivity contribution in [1.29, 1.82) is 0 Å². The van der Waals surface area contributed by atoms with E-state index in [4.69, 9.17) is 9.15 Å². The van der Waals surface area contributed by atoms with Gasteiger partial charge < -0.3 is 24.7 Å². The van der Waals surface area contributed by atoms with Gasteiger partial charge in [0.1, 0.15) is 0 Å². The molecule has 2 aromatic rings. The number of carbonyl (C=O) groups excluding carboxylic acids is 2. The van der Waals surface area contributed by atoms with Crippen molar-refractivity contribution in [2.75, 3.05) is 56.2 Å². The van der Waals surface area contributed by atoms with Crippen molar-refractivity contribution in [2.45, 2.75) is 30.6 Å². The maximum Gasteiger partial charge on any atom is 0.286 e. The van der Waals surface area contributed by atoms with Crippen molar-refractivity contribution < 1.29 is 27.2 Å². The molecular weight excluding hydrogens is 460 g/mol. The van der Waals surface area contributed by atoms with E-state index in [1.54, 1.807) is 24.3 Å². The Morgan fingerprint density at radius 2 is 1.76 bits per heavy atom. The van der Waals surface area contributed by atoms with E-state index in [1.165, 1.54) is 16.6 Å². The standard InChI is InChI=1S/C23H30N4O6S/c28-22(8-9-24-23(29)21-5-4-14-33-21)25-19-17-18(34(30,31)27-12-15-32-16-13-27)6-7-20(19)26-10-2-1-3-11-26/h4-7,14,17H,1-3,8-13,15-16H2,(H,24,29)(H,25,28). The Bertz CT molecular complexity index is 1090. The summed E-state index contributed by atoms with van der Waals surface area (Å²) in [7, 11) is -3.71. The zero-order chi connectivity index (χ0) is 24.0. The summed E-state index contributed by atoms with van der Waals surface area (Å²) in [5.74, 6) is -0.543. The molecule has 34 heavy (non-hydrogen) atoms. The fourth-order valence-corrected chi connectivity index (χ4v) is 5.55. The van der Waals surface area contributed by atoms with Crippen LogP contribution >= 0.6 is 0 Å². The van der Waals surface area contributed by atoms with Gasteiger partial charge in [-0.05, 0) is 49.6 Å². The molecule has 10 nitrogen and oxygen atoms in total. The fraction of sp³-hybridized carbons (Fsp3) is 0.478. The topological polar surface area (TPSA) is 121 Å². The molecule has 2 saturated heterocycles. The first-order valence-corrected chi connectivity index (χ1v) is 13.0. The third-order valence-electron chi connectivity index (χ3n) is 5.93. The Morgan fingerprint density at radius 1 is 1.00 bits per heavy atom. The van der Waals surface area contributed by atoms with E-state index in [1.807, 2.05) is 0 Å². The van der Waals surface area contributed by atoms with E-state index in [2.05, 4.69) is 15.5 Å². The average Bonchev–Trinajstić information content (AvgIpc) is 3.40. The fourth-order valence-electron chi connectivity index (χ4n) is 4.12. The van der Waals surface area contributed by atoms with Crippen LogP contribution in [0.15, 0.2) is 45.9 Å². The largest absolute Gasteiger partial charge is 0.459 e. The molecule has 0 saturated carbocycles. The van der Waals surface area contributed by atoms with Crippen molar-refractivity contribution in [3.05, 3.63) is 42.4 Å². The SMILES string of the molecule is O=C(CCNC(=O)c1ccco1)Nc1cc(S(=O)(=O)N2CCOCC2)ccc1N1CCCCC1. The number of amides is 2. The van der Waals surface area contributed by atoms with Gasteiger partial charge in [-0.2, -0.15) is 4.31 Å². The molecule has 3 heterocycles. The number of nitrogens with one attached hydrogen (secondary N) is 2. The molecule has 184 valence electrons. The summed E-state index contributed by atoms with van der Waals surface area (Å²) < 4.78 is 38.0. The lowest BCUT2D eigenvalue weighted by atomic mass is 10.1. The summed E-state index contributed by atoms with van der Waals surface area (Å²) in [4.78, 5) is 27.0. The average molecular weight is 491 g/mol. The minimum absolute atomic E-state index is 0.0341. The highest BCUT2D eigenvalue weighted by atomic mass is 32.2. The van der Waals surface area contributed by atoms with Crippen molar-refractivity contribution in [3.8, 4) is 0 Å². The number of nitrogens with zero attached hydrogens (tertiary/aromatic N) is 2. The lowest BCUT2D eigenvalue weighted by molar-refractivity contribution is -0.116. The van der Waals surface area contributed by atoms with E-state index >= 15 is 0 Å². The van der Waals surface area contributed by atoms with Crippen molar-refractivity contribution in [3.63, 3.8) is 0 Å². The number of carbonyl (C=O) groups is 2. The lowest BCUT2D eigenvalue weighted by Crippen LogP contribution is -2.40. The summed E-state index contributed by atoms with van der Waals surface area (Å²) in [5.41, 5.74) is 1.26. The summed E-state index contributed by atoms with van der Waals surface area (Å²) in [5, 5.41) is 5.51. The second-order valence-corrected chi connectivity index (χ2v) is 10.2. The van der Waals surface area contributed by atoms with Crippen LogP contribution in [0.3, 0.4) is 0 Å². The van der Waals surface area contributed by atoms with Crippen LogP contribution < -0.4 is 15.5 Å². The molecule has 2 fully saturated rings. The number of morpholine rings is 1. The lowest BCUT2D eigenvalue weighted by Gasteiger charge is -2.31. The van der Waals surface area contributed by atoms with E-state index in [0.29, 0.717) is 32.0 Å². The Balaban J connectivity index is 1.48. The first-order chi connectivity index (χ1) is 16.4. The molecule has 0 spiro atoms. The highest BCUT2D eigenvalue weighted by Crippen LogP contribution is 2.32. The quantitative estimate of drug-likeness (QED) is 0.581. The van der Waals surface area contributed by atoms with E-state index in [0.717, 1.165) is 38.0 Å². The second kappa shape index (κ2) is 11.0. The molecule has 4 rings (SSSR count). The molecule has 1 aromatic carbocycles. The third kappa shape index (κ3) is 5.78. The molecule has 0 aliphatic carbocycles. The van der Waals surface area contributed by atoms with Crippen molar-refractivity contribution in [1.82, 2.24) is 9.62 Å². The van der Waals surface area contributed by atoms with Crippen molar-refractivity contribution in [2.24, 2.45) is 0 Å². The molecular formula is C23H30N4O6S. The molecule has 2 N–H and O–H groups in total. The first kappa shape index (κ1) is 24.2. The number of piperidine rings is 1. The summed E-state index contributed by atoms with van der Waals surface area (Å²) in [6, 6.07) is 8.07. The normalized spacial score (nSPS) is 17.4. The van der Waals surface area contributed by atoms with Gasteiger partial charge in [-0.1, -0.05) is 0 Å². The Labute approximate surface area is 199 Å². The molecule has 2 aliphatic rings. The van der Waals surface area contributed by atoms with Crippen LogP contribution in [0.2, 0.25) is 0 Å². The first-order valence-electron chi connectivity index (χ1n) is 11.5. The van der Waals surface area contributed by atoms with Crippen LogP contribution in [0.1, 0.15) is 36.2 Å². The molecule has 0 radical (unpaired) electrons. The van der Waals surface area contributed by atoms with Crippen molar-refractivity contribution >= 4 is 33.2 Å². The number of ether oxygens (including phenoxy) is 1. The smallest absolute Gasteiger partial charge is 0.286 e. The van der Waals surface area contributed by atoms with Gasteiger partial charge in [-0.3, -0.25) is 9.59 Å². The van der Waals surface area contributed by atoms with Gasteiger partial charge in [0.25, 0.3) is 5.91 Å². The third-order valence-corrected chi connectivity index (χ3v) is 7.82. The number of furan rings is 1. The van der Waals surface area contributed by atoms with Crippen LogP contribution in [0, 0.1) is 0 Å². The number of anilines is 2. The van der Waals surface area contributed by atoms with Gasteiger partial charge in [0.2, 0.25) is 15.9 Å². The minimum Gasteiger partial charge on any atom is -0.459 e. The minimum atomic E-state index is -3.71. The molecule has 0 unspecified atom stereocenters. The molecule has 0 atom stereocenters. The highest BCUT2D eigenvalue weighted by molar-refractivity contribution is 7.89. The van der Waals surface area contributed by atoms with E-state index in [9.17, 15) is 18.0 Å². The summed E-state index contributed by atoms with van der Waals surface area (Å²) in [6.07, 6.45) is 4.67. The highest BCUT2D eigenvalue weighted by Gasteiger charge is 2.28. The number of sulfonamides is 1. The molecule has 2 amide bonds. The number of rotatable bonds is 8. The predicted octanol–water partition coefficient (Wildman–Crippen LogP) is 2.05. The molecule has 2 aliphatic heterocycles. The summed E-state index contributed by atoms with van der Waals surface area (Å²) >= 11 is 0. The van der Waals surface area contributed by atoms with Gasteiger partial charge in [0.15, 0.2) is 5.76 Å². The predicted molar refractivity (Wildman–Crippen MR) is 126 cm³/mol. The van der Waals surface area contributed by atoms with E-state index in [-0.39, 0.29) is 29.5 Å². The van der Waals surface area contributed by atoms with Gasteiger partial charge in [-0.25, -0.2) is 8.42 Å². The van der Waals surface area contributed by atoms with Crippen LogP contribution in [-0.2, 0) is 19.6 Å². The molecule has 1 aromatic heterocycles. The number of hydrogen-bond acceptors (Lipinski definition) is 7. The summed E-state index contributed by atoms with van der Waals surface area (Å²) in [6.45, 7) is 3.13. The maximum atomic E-state index is 13.2. The van der Waals surface area contributed by atoms with Gasteiger partial charge in [-0.15, -0.1) is 0 Å². The van der Waals surface area contributed by atoms with Crippen LogP contribution in [0.4, 0.5) is 11.4 Å². The molecule has 11 heteroatoms. The van der Waals surface area contributed by atoms with Gasteiger partial charge in [0.05, 0.1) is 35.7 Å². The number of benzene rings is 1. The van der Waals surface area contributed by atoms with Crippen LogP contribution in [0.5, 0.6) is 0 Å². The Kier molecular flexibility index (Phi) is 7.86. The zero-order valence-corrected chi connectivity index (χ0v) is 19.8. The Hall–Kier alpha value is -2.89. The van der Waals surface area contributed by atoms with E-state index < -0.39 is 15.9 Å².